The molecular formula is C22H21FN2O6. The first-order valence-corrected chi connectivity index (χ1v) is 9.47. The molecule has 0 bridgehead atoms. The highest BCUT2D eigenvalue weighted by atomic mass is 19.1. The second-order valence-electron chi connectivity index (χ2n) is 6.47. The van der Waals surface area contributed by atoms with E-state index in [-0.39, 0.29) is 31.0 Å². The van der Waals surface area contributed by atoms with Gasteiger partial charge in [-0.1, -0.05) is 24.3 Å². The number of urea groups is 1. The van der Waals surface area contributed by atoms with Crippen molar-refractivity contribution in [2.45, 2.75) is 13.5 Å². The topological polar surface area (TPSA) is 94.2 Å². The lowest BCUT2D eigenvalue weighted by atomic mass is 10.1. The number of benzene rings is 2. The molecule has 0 aromatic heterocycles. The molecule has 1 heterocycles. The van der Waals surface area contributed by atoms with E-state index in [1.165, 1.54) is 31.4 Å². The van der Waals surface area contributed by atoms with E-state index in [2.05, 4.69) is 5.32 Å². The quantitative estimate of drug-likeness (QED) is 0.395. The Morgan fingerprint density at radius 3 is 2.65 bits per heavy atom. The first-order chi connectivity index (χ1) is 14.9. The fourth-order valence-electron chi connectivity index (χ4n) is 2.91. The Morgan fingerprint density at radius 1 is 1.16 bits per heavy atom. The molecule has 0 aliphatic carbocycles. The summed E-state index contributed by atoms with van der Waals surface area (Å²) in [5.41, 5.74) is 0.831. The van der Waals surface area contributed by atoms with Gasteiger partial charge in [-0.25, -0.2) is 14.0 Å². The Balaban J connectivity index is 1.75. The molecule has 0 radical (unpaired) electrons. The van der Waals surface area contributed by atoms with Gasteiger partial charge in [0.05, 0.1) is 20.3 Å². The van der Waals surface area contributed by atoms with Gasteiger partial charge < -0.3 is 19.5 Å². The van der Waals surface area contributed by atoms with Gasteiger partial charge in [-0.2, -0.15) is 0 Å². The second kappa shape index (κ2) is 9.75. The van der Waals surface area contributed by atoms with Crippen molar-refractivity contribution in [3.05, 3.63) is 65.1 Å². The van der Waals surface area contributed by atoms with Crippen molar-refractivity contribution in [1.82, 2.24) is 10.2 Å². The summed E-state index contributed by atoms with van der Waals surface area (Å²) in [6.07, 6.45) is 1.47. The van der Waals surface area contributed by atoms with Gasteiger partial charge in [0.15, 0.2) is 18.1 Å². The maximum absolute atomic E-state index is 13.9. The Kier molecular flexibility index (Phi) is 6.86. The van der Waals surface area contributed by atoms with Crippen LogP contribution in [0.4, 0.5) is 9.18 Å². The molecule has 2 aromatic rings. The van der Waals surface area contributed by atoms with Crippen LogP contribution in [0.5, 0.6) is 11.5 Å². The molecule has 0 atom stereocenters. The van der Waals surface area contributed by atoms with Gasteiger partial charge in [-0.3, -0.25) is 9.69 Å². The standard InChI is InChI=1S/C22H21FN2O6/c1-3-30-20(26)13-31-18-9-8-14(11-19(18)29-2)10-17-21(27)25(22(28)24-17)12-15-6-4-5-7-16(15)23/h4-11H,3,12-13H2,1-2H3,(H,24,28). The minimum absolute atomic E-state index is 0.0450. The zero-order valence-electron chi connectivity index (χ0n) is 17.0. The van der Waals surface area contributed by atoms with Crippen molar-refractivity contribution in [2.75, 3.05) is 20.3 Å². The number of esters is 1. The number of nitrogens with zero attached hydrogens (tertiary/aromatic N) is 1. The SMILES string of the molecule is CCOC(=O)COc1ccc(C=C2NC(=O)N(Cc3ccccc3F)C2=O)cc1OC. The van der Waals surface area contributed by atoms with Crippen LogP contribution in [-0.4, -0.2) is 43.1 Å². The number of halogens is 1. The number of ether oxygens (including phenoxy) is 3. The summed E-state index contributed by atoms with van der Waals surface area (Å²) >= 11 is 0. The number of hydrogen-bond donors (Lipinski definition) is 1. The van der Waals surface area contributed by atoms with Crippen molar-refractivity contribution < 1.29 is 33.0 Å². The number of hydrogen-bond acceptors (Lipinski definition) is 6. The zero-order chi connectivity index (χ0) is 22.4. The van der Waals surface area contributed by atoms with Crippen LogP contribution in [0.2, 0.25) is 0 Å². The lowest BCUT2D eigenvalue weighted by molar-refractivity contribution is -0.145. The monoisotopic (exact) mass is 428 g/mol. The maximum Gasteiger partial charge on any atom is 0.344 e. The van der Waals surface area contributed by atoms with E-state index in [1.807, 2.05) is 0 Å². The summed E-state index contributed by atoms with van der Waals surface area (Å²) in [7, 11) is 1.43. The van der Waals surface area contributed by atoms with Crippen molar-refractivity contribution in [1.29, 1.82) is 0 Å². The van der Waals surface area contributed by atoms with E-state index in [1.54, 1.807) is 31.2 Å². The third-order valence-corrected chi connectivity index (χ3v) is 4.40. The molecule has 9 heteroatoms. The molecule has 3 amide bonds. The molecule has 0 unspecified atom stereocenters. The molecule has 31 heavy (non-hydrogen) atoms. The van der Waals surface area contributed by atoms with Gasteiger partial charge >= 0.3 is 12.0 Å². The average molecular weight is 428 g/mol. The summed E-state index contributed by atoms with van der Waals surface area (Å²) < 4.78 is 29.4. The van der Waals surface area contributed by atoms with Crippen molar-refractivity contribution in [3.8, 4) is 11.5 Å². The van der Waals surface area contributed by atoms with Crippen molar-refractivity contribution in [2.24, 2.45) is 0 Å². The van der Waals surface area contributed by atoms with Gasteiger partial charge in [0.1, 0.15) is 11.5 Å². The lowest BCUT2D eigenvalue weighted by Crippen LogP contribution is -2.30. The number of nitrogens with one attached hydrogen (secondary N) is 1. The number of carbonyl (C=O) groups excluding carboxylic acids is 3. The molecule has 1 fully saturated rings. The van der Waals surface area contributed by atoms with E-state index < -0.39 is 23.7 Å². The largest absolute Gasteiger partial charge is 0.493 e. The number of rotatable bonds is 8. The number of amides is 3. The Hall–Kier alpha value is -3.88. The van der Waals surface area contributed by atoms with Crippen molar-refractivity contribution in [3.63, 3.8) is 0 Å². The summed E-state index contributed by atoms with van der Waals surface area (Å²) in [4.78, 5) is 37.3. The molecule has 0 saturated carbocycles. The predicted molar refractivity (Wildman–Crippen MR) is 109 cm³/mol. The van der Waals surface area contributed by atoms with E-state index in [4.69, 9.17) is 14.2 Å². The van der Waals surface area contributed by atoms with Crippen molar-refractivity contribution >= 4 is 24.0 Å². The first kappa shape index (κ1) is 21.8. The van der Waals surface area contributed by atoms with E-state index in [0.29, 0.717) is 17.1 Å². The Labute approximate surface area is 178 Å². The number of methoxy groups -OCH3 is 1. The van der Waals surface area contributed by atoms with Gasteiger partial charge in [0.25, 0.3) is 5.91 Å². The van der Waals surface area contributed by atoms with E-state index >= 15 is 0 Å². The summed E-state index contributed by atoms with van der Waals surface area (Å²) in [5, 5.41) is 2.49. The van der Waals surface area contributed by atoms with Crippen LogP contribution in [0.1, 0.15) is 18.1 Å². The molecular weight excluding hydrogens is 407 g/mol. The van der Waals surface area contributed by atoms with Gasteiger partial charge in [-0.05, 0) is 36.8 Å². The Morgan fingerprint density at radius 2 is 1.94 bits per heavy atom. The van der Waals surface area contributed by atoms with Crippen LogP contribution in [0.25, 0.3) is 6.08 Å². The third kappa shape index (κ3) is 5.19. The number of carbonyl (C=O) groups is 3. The predicted octanol–water partition coefficient (Wildman–Crippen LogP) is 2.87. The van der Waals surface area contributed by atoms with Crippen LogP contribution in [0.15, 0.2) is 48.2 Å². The van der Waals surface area contributed by atoms with E-state index in [0.717, 1.165) is 4.90 Å². The minimum atomic E-state index is -0.638. The maximum atomic E-state index is 13.9. The fraction of sp³-hybridized carbons (Fsp3) is 0.227. The van der Waals surface area contributed by atoms with Crippen LogP contribution < -0.4 is 14.8 Å². The van der Waals surface area contributed by atoms with Crippen LogP contribution >= 0.6 is 0 Å². The molecule has 8 nitrogen and oxygen atoms in total. The fourth-order valence-corrected chi connectivity index (χ4v) is 2.91. The van der Waals surface area contributed by atoms with Crippen LogP contribution in [0, 0.1) is 5.82 Å². The van der Waals surface area contributed by atoms with Gasteiger partial charge in [0, 0.05) is 5.56 Å². The second-order valence-corrected chi connectivity index (χ2v) is 6.47. The van der Waals surface area contributed by atoms with Gasteiger partial charge in [-0.15, -0.1) is 0 Å². The first-order valence-electron chi connectivity index (χ1n) is 9.47. The lowest BCUT2D eigenvalue weighted by Gasteiger charge is -2.12. The molecule has 3 rings (SSSR count). The zero-order valence-corrected chi connectivity index (χ0v) is 17.0. The molecule has 2 aromatic carbocycles. The summed E-state index contributed by atoms with van der Waals surface area (Å²) in [5.74, 6) is -0.928. The molecule has 1 saturated heterocycles. The highest BCUT2D eigenvalue weighted by Gasteiger charge is 2.34. The average Bonchev–Trinajstić information content (AvgIpc) is 3.01. The smallest absolute Gasteiger partial charge is 0.344 e. The van der Waals surface area contributed by atoms with Gasteiger partial charge in [0.2, 0.25) is 0 Å². The van der Waals surface area contributed by atoms with E-state index in [9.17, 15) is 18.8 Å². The summed E-state index contributed by atoms with van der Waals surface area (Å²) in [6, 6.07) is 10.1. The van der Waals surface area contributed by atoms with Crippen LogP contribution in [-0.2, 0) is 20.9 Å². The molecule has 1 aliphatic heterocycles. The van der Waals surface area contributed by atoms with Crippen LogP contribution in [0.3, 0.4) is 0 Å². The Bertz CT molecular complexity index is 1040. The third-order valence-electron chi connectivity index (χ3n) is 4.40. The minimum Gasteiger partial charge on any atom is -0.493 e. The molecule has 0 spiro atoms. The summed E-state index contributed by atoms with van der Waals surface area (Å²) in [6.45, 7) is 1.49. The number of imide groups is 1. The highest BCUT2D eigenvalue weighted by Crippen LogP contribution is 2.29. The normalized spacial score (nSPS) is 14.5. The molecule has 1 aliphatic rings. The molecule has 1 N–H and O–H groups in total. The highest BCUT2D eigenvalue weighted by molar-refractivity contribution is 6.13. The molecule has 162 valence electrons.